The number of halogens is 5. The summed E-state index contributed by atoms with van der Waals surface area (Å²) in [5.41, 5.74) is -0.0886. The first-order valence-corrected chi connectivity index (χ1v) is 6.79. The number of carbonyl (C=O) groups is 1. The number of hydrogen-bond donors (Lipinski definition) is 2. The van der Waals surface area contributed by atoms with Crippen LogP contribution in [0.1, 0.15) is 5.56 Å². The van der Waals surface area contributed by atoms with E-state index in [2.05, 4.69) is 10.6 Å². The number of nitrogens with one attached hydrogen (secondary N) is 2. The fourth-order valence-corrected chi connectivity index (χ4v) is 1.92. The number of hydrogen-bond acceptors (Lipinski definition) is 2. The molecule has 2 N–H and O–H groups in total. The van der Waals surface area contributed by atoms with Crippen LogP contribution >= 0.6 is 11.6 Å². The Hall–Kier alpha value is -2.28. The van der Waals surface area contributed by atoms with E-state index in [0.29, 0.717) is 11.4 Å². The first kappa shape index (κ1) is 17.1. The lowest BCUT2D eigenvalue weighted by Crippen LogP contribution is -2.21. The van der Waals surface area contributed by atoms with Crippen molar-refractivity contribution in [3.05, 3.63) is 58.9 Å². The minimum Gasteiger partial charge on any atom is -0.376 e. The van der Waals surface area contributed by atoms with Gasteiger partial charge in [0.1, 0.15) is 5.82 Å². The molecule has 0 aliphatic rings. The van der Waals surface area contributed by atoms with Crippen molar-refractivity contribution in [3.63, 3.8) is 0 Å². The highest BCUT2D eigenvalue weighted by Crippen LogP contribution is 2.29. The molecule has 122 valence electrons. The minimum atomic E-state index is -4.41. The van der Waals surface area contributed by atoms with Gasteiger partial charge in [0.25, 0.3) is 0 Å². The van der Waals surface area contributed by atoms with Gasteiger partial charge < -0.3 is 10.6 Å². The molecular weight excluding hydrogens is 336 g/mol. The van der Waals surface area contributed by atoms with Crippen molar-refractivity contribution in [2.75, 3.05) is 17.2 Å². The van der Waals surface area contributed by atoms with Gasteiger partial charge in [-0.1, -0.05) is 11.6 Å². The number of carbonyl (C=O) groups excluding carboxylic acids is 1. The van der Waals surface area contributed by atoms with E-state index >= 15 is 0 Å². The quantitative estimate of drug-likeness (QED) is 0.797. The number of anilines is 2. The highest BCUT2D eigenvalue weighted by atomic mass is 35.5. The average molecular weight is 347 g/mol. The Morgan fingerprint density at radius 2 is 1.65 bits per heavy atom. The van der Waals surface area contributed by atoms with Gasteiger partial charge >= 0.3 is 6.18 Å². The second kappa shape index (κ2) is 6.87. The predicted molar refractivity (Wildman–Crippen MR) is 80.0 cm³/mol. The Bertz CT molecular complexity index is 702. The third-order valence-corrected chi connectivity index (χ3v) is 3.16. The maximum Gasteiger partial charge on any atom is 0.416 e. The van der Waals surface area contributed by atoms with Crippen molar-refractivity contribution in [3.8, 4) is 0 Å². The Morgan fingerprint density at radius 1 is 1.04 bits per heavy atom. The molecule has 1 amide bonds. The molecule has 0 aliphatic carbocycles. The molecule has 0 unspecified atom stereocenters. The lowest BCUT2D eigenvalue weighted by Gasteiger charge is -2.10. The van der Waals surface area contributed by atoms with E-state index in [0.717, 1.165) is 18.2 Å². The lowest BCUT2D eigenvalue weighted by atomic mass is 10.2. The molecule has 0 radical (unpaired) electrons. The van der Waals surface area contributed by atoms with Crippen LogP contribution in [-0.4, -0.2) is 12.5 Å². The van der Waals surface area contributed by atoms with E-state index in [1.807, 2.05) is 0 Å². The van der Waals surface area contributed by atoms with Crippen LogP contribution in [0.5, 0.6) is 0 Å². The van der Waals surface area contributed by atoms with Crippen LogP contribution in [0, 0.1) is 5.82 Å². The van der Waals surface area contributed by atoms with Gasteiger partial charge in [0, 0.05) is 11.4 Å². The zero-order valence-electron chi connectivity index (χ0n) is 11.5. The van der Waals surface area contributed by atoms with E-state index in [1.54, 1.807) is 0 Å². The summed E-state index contributed by atoms with van der Waals surface area (Å²) >= 11 is 5.59. The third-order valence-electron chi connectivity index (χ3n) is 2.87. The zero-order chi connectivity index (χ0) is 17.0. The Balaban J connectivity index is 1.90. The van der Waals surface area contributed by atoms with Crippen LogP contribution in [0.4, 0.5) is 28.9 Å². The highest BCUT2D eigenvalue weighted by molar-refractivity contribution is 6.31. The maximum absolute atomic E-state index is 13.0. The average Bonchev–Trinajstić information content (AvgIpc) is 2.48. The fraction of sp³-hybridized carbons (Fsp3) is 0.133. The lowest BCUT2D eigenvalue weighted by molar-refractivity contribution is -0.137. The summed E-state index contributed by atoms with van der Waals surface area (Å²) in [6.07, 6.45) is -4.41. The van der Waals surface area contributed by atoms with E-state index < -0.39 is 23.5 Å². The van der Waals surface area contributed by atoms with Gasteiger partial charge in [-0.15, -0.1) is 0 Å². The van der Waals surface area contributed by atoms with Gasteiger partial charge in [0.15, 0.2) is 0 Å². The van der Waals surface area contributed by atoms with Gasteiger partial charge in [-0.25, -0.2) is 4.39 Å². The molecule has 2 rings (SSSR count). The SMILES string of the molecule is O=C(CNc1ccc(C(F)(F)F)cc1)Nc1ccc(F)c(Cl)c1. The van der Waals surface area contributed by atoms with Crippen LogP contribution in [0.3, 0.4) is 0 Å². The van der Waals surface area contributed by atoms with Crippen molar-refractivity contribution in [1.29, 1.82) is 0 Å². The Labute approximate surface area is 134 Å². The molecule has 0 saturated heterocycles. The molecule has 0 fully saturated rings. The predicted octanol–water partition coefficient (Wildman–Crippen LogP) is 4.55. The van der Waals surface area contributed by atoms with Crippen LogP contribution in [0.25, 0.3) is 0 Å². The zero-order valence-corrected chi connectivity index (χ0v) is 12.3. The first-order chi connectivity index (χ1) is 10.8. The summed E-state index contributed by atoms with van der Waals surface area (Å²) in [4.78, 5) is 11.7. The summed E-state index contributed by atoms with van der Waals surface area (Å²) in [7, 11) is 0. The van der Waals surface area contributed by atoms with Crippen molar-refractivity contribution in [1.82, 2.24) is 0 Å². The normalized spacial score (nSPS) is 11.2. The second-order valence-electron chi connectivity index (χ2n) is 4.61. The number of alkyl halides is 3. The second-order valence-corrected chi connectivity index (χ2v) is 5.01. The van der Waals surface area contributed by atoms with Crippen molar-refractivity contribution in [2.45, 2.75) is 6.18 Å². The van der Waals surface area contributed by atoms with E-state index in [-0.39, 0.29) is 11.6 Å². The van der Waals surface area contributed by atoms with Gasteiger partial charge in [-0.3, -0.25) is 4.79 Å². The Morgan fingerprint density at radius 3 is 2.22 bits per heavy atom. The molecule has 0 aromatic heterocycles. The number of benzene rings is 2. The van der Waals surface area contributed by atoms with Crippen LogP contribution in [0.15, 0.2) is 42.5 Å². The molecule has 0 bridgehead atoms. The molecule has 0 heterocycles. The molecule has 0 saturated carbocycles. The van der Waals surface area contributed by atoms with Crippen LogP contribution in [0.2, 0.25) is 5.02 Å². The van der Waals surface area contributed by atoms with Gasteiger partial charge in [-0.05, 0) is 42.5 Å². The molecule has 0 atom stereocenters. The number of rotatable bonds is 4. The van der Waals surface area contributed by atoms with Gasteiger partial charge in [0.2, 0.25) is 5.91 Å². The summed E-state index contributed by atoms with van der Waals surface area (Å²) in [6.45, 7) is -0.166. The smallest absolute Gasteiger partial charge is 0.376 e. The summed E-state index contributed by atoms with van der Waals surface area (Å²) < 4.78 is 50.2. The van der Waals surface area contributed by atoms with Crippen LogP contribution < -0.4 is 10.6 Å². The van der Waals surface area contributed by atoms with Crippen molar-refractivity contribution >= 4 is 28.9 Å². The standard InChI is InChI=1S/C15H11ClF4N2O/c16-12-7-11(5-6-13(12)17)22-14(23)8-21-10-3-1-9(2-4-10)15(18,19)20/h1-7,21H,8H2,(H,22,23). The molecule has 2 aromatic carbocycles. The van der Waals surface area contributed by atoms with Crippen molar-refractivity contribution in [2.24, 2.45) is 0 Å². The van der Waals surface area contributed by atoms with E-state index in [9.17, 15) is 22.4 Å². The third kappa shape index (κ3) is 4.85. The summed E-state index contributed by atoms with van der Waals surface area (Å²) in [6, 6.07) is 8.00. The van der Waals surface area contributed by atoms with Gasteiger partial charge in [-0.2, -0.15) is 13.2 Å². The Kier molecular flexibility index (Phi) is 5.10. The molecular formula is C15H11ClF4N2O. The van der Waals surface area contributed by atoms with E-state index in [4.69, 9.17) is 11.6 Å². The molecule has 23 heavy (non-hydrogen) atoms. The fourth-order valence-electron chi connectivity index (χ4n) is 1.74. The molecule has 0 spiro atoms. The maximum atomic E-state index is 13.0. The topological polar surface area (TPSA) is 41.1 Å². The molecule has 2 aromatic rings. The minimum absolute atomic E-state index is 0.126. The molecule has 0 aliphatic heterocycles. The molecule has 8 heteroatoms. The monoisotopic (exact) mass is 346 g/mol. The number of amides is 1. The van der Waals surface area contributed by atoms with Crippen molar-refractivity contribution < 1.29 is 22.4 Å². The summed E-state index contributed by atoms with van der Waals surface area (Å²) in [5.74, 6) is -1.06. The largest absolute Gasteiger partial charge is 0.416 e. The highest BCUT2D eigenvalue weighted by Gasteiger charge is 2.29. The first-order valence-electron chi connectivity index (χ1n) is 6.42. The van der Waals surface area contributed by atoms with Crippen LogP contribution in [-0.2, 0) is 11.0 Å². The summed E-state index contributed by atoms with van der Waals surface area (Å²) in [5, 5.41) is 5.04. The molecule has 3 nitrogen and oxygen atoms in total. The van der Waals surface area contributed by atoms with E-state index in [1.165, 1.54) is 24.3 Å². The van der Waals surface area contributed by atoms with Gasteiger partial charge in [0.05, 0.1) is 17.1 Å².